The van der Waals surface area contributed by atoms with Crippen molar-refractivity contribution in [1.29, 1.82) is 0 Å². The van der Waals surface area contributed by atoms with Gasteiger partial charge in [0, 0.05) is 30.4 Å². The second-order valence-electron chi connectivity index (χ2n) is 5.96. The lowest BCUT2D eigenvalue weighted by Crippen LogP contribution is -2.35. The summed E-state index contributed by atoms with van der Waals surface area (Å²) in [6, 6.07) is 9.16. The summed E-state index contributed by atoms with van der Waals surface area (Å²) in [5.41, 5.74) is 1.61. The Hall–Kier alpha value is -2.70. The third kappa shape index (κ3) is 2.36. The van der Waals surface area contributed by atoms with E-state index in [1.54, 1.807) is 24.3 Å². The number of hydrogen-bond donors (Lipinski definition) is 0. The zero-order valence-electron chi connectivity index (χ0n) is 12.4. The highest BCUT2D eigenvalue weighted by Gasteiger charge is 2.47. The van der Waals surface area contributed by atoms with Crippen LogP contribution in [0, 0.1) is 5.82 Å². The molecule has 2 heterocycles. The Kier molecular flexibility index (Phi) is 3.19. The lowest BCUT2D eigenvalue weighted by atomic mass is 9.79. The van der Waals surface area contributed by atoms with E-state index in [0.717, 1.165) is 0 Å². The minimum atomic E-state index is -2.69. The van der Waals surface area contributed by atoms with Crippen LogP contribution in [0.25, 0.3) is 16.9 Å². The Balaban J connectivity index is 1.87. The predicted molar refractivity (Wildman–Crippen MR) is 80.7 cm³/mol. The summed E-state index contributed by atoms with van der Waals surface area (Å²) in [5.74, 6) is -3.53. The summed E-state index contributed by atoms with van der Waals surface area (Å²) in [6.45, 7) is 0. The fraction of sp³-hybridized carbons (Fsp3) is 0.235. The second-order valence-corrected chi connectivity index (χ2v) is 5.96. The Bertz CT molecular complexity index is 943. The molecular weight excluding hydrogens is 319 g/mol. The van der Waals surface area contributed by atoms with E-state index >= 15 is 0 Å². The monoisotopic (exact) mass is 331 g/mol. The third-order valence-corrected chi connectivity index (χ3v) is 4.25. The summed E-state index contributed by atoms with van der Waals surface area (Å²) in [4.78, 5) is 15.2. The van der Waals surface area contributed by atoms with Gasteiger partial charge in [-0.3, -0.25) is 4.79 Å². The fourth-order valence-corrected chi connectivity index (χ4v) is 3.04. The molecule has 0 aliphatic heterocycles. The van der Waals surface area contributed by atoms with Gasteiger partial charge in [0.1, 0.15) is 11.5 Å². The maximum absolute atomic E-state index is 14.0. The van der Waals surface area contributed by atoms with Crippen molar-refractivity contribution >= 4 is 11.9 Å². The van der Waals surface area contributed by atoms with Crippen LogP contribution in [0.5, 0.6) is 0 Å². The van der Waals surface area contributed by atoms with Crippen LogP contribution >= 0.6 is 0 Å². The van der Waals surface area contributed by atoms with E-state index in [-0.39, 0.29) is 18.5 Å². The molecular formula is C17H12F3N3O. The quantitative estimate of drug-likeness (QED) is 0.685. The maximum atomic E-state index is 14.0. The highest BCUT2D eigenvalue weighted by Crippen LogP contribution is 2.48. The standard InChI is InChI=1S/C17H12F3N3O/c18-13-4-2-1-3-12(13)14-6-16-21-11(9-24)5-15(23(16)22-14)10-7-17(19,20)8-10/h1-6,9-10H,7-8H2. The topological polar surface area (TPSA) is 47.3 Å². The van der Waals surface area contributed by atoms with Crippen LogP contribution < -0.4 is 0 Å². The molecule has 0 unspecified atom stereocenters. The number of fused-ring (bicyclic) bond motifs is 1. The first-order valence-electron chi connectivity index (χ1n) is 7.45. The van der Waals surface area contributed by atoms with E-state index < -0.39 is 17.7 Å². The lowest BCUT2D eigenvalue weighted by Gasteiger charge is -2.35. The van der Waals surface area contributed by atoms with Crippen molar-refractivity contribution in [2.24, 2.45) is 0 Å². The van der Waals surface area contributed by atoms with E-state index in [9.17, 15) is 18.0 Å². The zero-order chi connectivity index (χ0) is 16.9. The number of alkyl halides is 2. The molecule has 1 aromatic carbocycles. The van der Waals surface area contributed by atoms with Gasteiger partial charge in [-0.2, -0.15) is 5.10 Å². The Labute approximate surface area is 134 Å². The van der Waals surface area contributed by atoms with E-state index in [4.69, 9.17) is 0 Å². The van der Waals surface area contributed by atoms with Crippen LogP contribution in [-0.4, -0.2) is 26.8 Å². The fourth-order valence-electron chi connectivity index (χ4n) is 3.04. The molecule has 122 valence electrons. The molecule has 3 aromatic rings. The molecule has 7 heteroatoms. The average Bonchev–Trinajstić information content (AvgIpc) is 2.95. The molecule has 1 fully saturated rings. The van der Waals surface area contributed by atoms with Crippen molar-refractivity contribution in [2.45, 2.75) is 24.7 Å². The summed E-state index contributed by atoms with van der Waals surface area (Å²) in [7, 11) is 0. The van der Waals surface area contributed by atoms with Gasteiger partial charge in [-0.05, 0) is 18.2 Å². The van der Waals surface area contributed by atoms with Gasteiger partial charge in [0.25, 0.3) is 0 Å². The molecule has 0 radical (unpaired) electrons. The minimum absolute atomic E-state index is 0.146. The van der Waals surface area contributed by atoms with Gasteiger partial charge in [-0.1, -0.05) is 12.1 Å². The number of carbonyl (C=O) groups excluding carboxylic acids is 1. The molecule has 2 aromatic heterocycles. The summed E-state index contributed by atoms with van der Waals surface area (Å²) in [6.07, 6.45) is -0.0192. The Morgan fingerprint density at radius 2 is 1.96 bits per heavy atom. The van der Waals surface area contributed by atoms with Gasteiger partial charge in [0.15, 0.2) is 11.9 Å². The van der Waals surface area contributed by atoms with E-state index in [2.05, 4.69) is 10.1 Å². The van der Waals surface area contributed by atoms with Gasteiger partial charge in [-0.15, -0.1) is 0 Å². The molecule has 24 heavy (non-hydrogen) atoms. The van der Waals surface area contributed by atoms with E-state index in [1.807, 2.05) is 0 Å². The van der Waals surface area contributed by atoms with Crippen LogP contribution in [0.3, 0.4) is 0 Å². The largest absolute Gasteiger partial charge is 0.296 e. The van der Waals surface area contributed by atoms with Crippen molar-refractivity contribution in [3.05, 3.63) is 53.6 Å². The number of aromatic nitrogens is 3. The summed E-state index contributed by atoms with van der Waals surface area (Å²) >= 11 is 0. The molecule has 0 saturated heterocycles. The van der Waals surface area contributed by atoms with Gasteiger partial charge in [-0.25, -0.2) is 22.7 Å². The van der Waals surface area contributed by atoms with Crippen molar-refractivity contribution < 1.29 is 18.0 Å². The second kappa shape index (κ2) is 5.15. The van der Waals surface area contributed by atoms with E-state index in [1.165, 1.54) is 16.6 Å². The van der Waals surface area contributed by atoms with Crippen molar-refractivity contribution in [1.82, 2.24) is 14.6 Å². The molecule has 0 atom stereocenters. The normalized spacial score (nSPS) is 17.0. The smallest absolute Gasteiger partial charge is 0.249 e. The third-order valence-electron chi connectivity index (χ3n) is 4.25. The highest BCUT2D eigenvalue weighted by molar-refractivity contribution is 5.74. The molecule has 0 amide bonds. The van der Waals surface area contributed by atoms with Gasteiger partial charge >= 0.3 is 0 Å². The molecule has 0 N–H and O–H groups in total. The molecule has 4 nitrogen and oxygen atoms in total. The first-order valence-corrected chi connectivity index (χ1v) is 7.45. The van der Waals surface area contributed by atoms with Crippen molar-refractivity contribution in [3.8, 4) is 11.3 Å². The number of carbonyl (C=O) groups is 1. The van der Waals surface area contributed by atoms with Crippen LogP contribution in [0.4, 0.5) is 13.2 Å². The van der Waals surface area contributed by atoms with E-state index in [0.29, 0.717) is 28.9 Å². The Morgan fingerprint density at radius 3 is 2.62 bits per heavy atom. The SMILES string of the molecule is O=Cc1cc(C2CC(F)(F)C2)n2nc(-c3ccccc3F)cc2n1. The summed E-state index contributed by atoms with van der Waals surface area (Å²) in [5, 5.41) is 4.32. The number of rotatable bonds is 3. The summed E-state index contributed by atoms with van der Waals surface area (Å²) < 4.78 is 41.8. The van der Waals surface area contributed by atoms with Crippen LogP contribution in [0.1, 0.15) is 34.9 Å². The van der Waals surface area contributed by atoms with Gasteiger partial charge in [0.2, 0.25) is 5.92 Å². The predicted octanol–water partition coefficient (Wildman–Crippen LogP) is 3.86. The van der Waals surface area contributed by atoms with Crippen molar-refractivity contribution in [2.75, 3.05) is 0 Å². The molecule has 1 saturated carbocycles. The minimum Gasteiger partial charge on any atom is -0.296 e. The number of benzene rings is 1. The number of aldehydes is 1. The first-order chi connectivity index (χ1) is 11.5. The van der Waals surface area contributed by atoms with Gasteiger partial charge in [0.05, 0.1) is 11.4 Å². The number of hydrogen-bond acceptors (Lipinski definition) is 3. The number of nitrogens with zero attached hydrogens (tertiary/aromatic N) is 3. The highest BCUT2D eigenvalue weighted by atomic mass is 19.3. The van der Waals surface area contributed by atoms with Crippen LogP contribution in [0.2, 0.25) is 0 Å². The number of halogens is 3. The van der Waals surface area contributed by atoms with Crippen molar-refractivity contribution in [3.63, 3.8) is 0 Å². The van der Waals surface area contributed by atoms with Crippen LogP contribution in [0.15, 0.2) is 36.4 Å². The zero-order valence-corrected chi connectivity index (χ0v) is 12.4. The molecule has 1 aliphatic rings. The van der Waals surface area contributed by atoms with Crippen LogP contribution in [-0.2, 0) is 0 Å². The average molecular weight is 331 g/mol. The first kappa shape index (κ1) is 14.9. The molecule has 4 rings (SSSR count). The maximum Gasteiger partial charge on any atom is 0.249 e. The Morgan fingerprint density at radius 1 is 1.21 bits per heavy atom. The molecule has 0 bridgehead atoms. The van der Waals surface area contributed by atoms with Gasteiger partial charge < -0.3 is 0 Å². The lowest BCUT2D eigenvalue weighted by molar-refractivity contribution is -0.0879. The molecule has 1 aliphatic carbocycles. The molecule has 0 spiro atoms.